The first kappa shape index (κ1) is 40.7. The molecular weight excluding hydrogens is 632 g/mol. The van der Waals surface area contributed by atoms with Gasteiger partial charge in [-0.2, -0.15) is 0 Å². The second-order valence-corrected chi connectivity index (χ2v) is 14.5. The van der Waals surface area contributed by atoms with Crippen molar-refractivity contribution in [2.75, 3.05) is 0 Å². The van der Waals surface area contributed by atoms with Crippen LogP contribution in [0.15, 0.2) is 60.7 Å². The zero-order valence-corrected chi connectivity index (χ0v) is 29.8. The first-order chi connectivity index (χ1) is 24.2. The number of hydrogen-bond donors (Lipinski definition) is 4. The van der Waals surface area contributed by atoms with E-state index in [1.54, 1.807) is 0 Å². The van der Waals surface area contributed by atoms with Crippen LogP contribution in [0.25, 0.3) is 0 Å². The second kappa shape index (κ2) is 22.9. The molecule has 50 heavy (non-hydrogen) atoms. The Labute approximate surface area is 298 Å². The van der Waals surface area contributed by atoms with E-state index in [-0.39, 0.29) is 12.8 Å². The van der Waals surface area contributed by atoms with Crippen molar-refractivity contribution in [3.8, 4) is 0 Å². The molecule has 1 fully saturated rings. The molecule has 4 atom stereocenters. The van der Waals surface area contributed by atoms with Gasteiger partial charge < -0.3 is 20.4 Å². The number of carboxylic acids is 4. The minimum atomic E-state index is -1.30. The number of rotatable bonds is 26. The van der Waals surface area contributed by atoms with Crippen molar-refractivity contribution in [3.63, 3.8) is 0 Å². The van der Waals surface area contributed by atoms with Crippen LogP contribution < -0.4 is 0 Å². The predicted octanol–water partition coefficient (Wildman–Crippen LogP) is 10.2. The van der Waals surface area contributed by atoms with E-state index in [2.05, 4.69) is 60.7 Å². The average Bonchev–Trinajstić information content (AvgIpc) is 3.10. The first-order valence-corrected chi connectivity index (χ1v) is 19.2. The van der Waals surface area contributed by atoms with Gasteiger partial charge in [0.1, 0.15) is 0 Å². The summed E-state index contributed by atoms with van der Waals surface area (Å²) in [6, 6.07) is 22.1. The van der Waals surface area contributed by atoms with Crippen LogP contribution in [0.2, 0.25) is 0 Å². The molecule has 0 aliphatic heterocycles. The quantitative estimate of drug-likeness (QED) is 0.0562. The Morgan fingerprint density at radius 1 is 0.440 bits per heavy atom. The highest BCUT2D eigenvalue weighted by Crippen LogP contribution is 2.52. The molecule has 1 aliphatic rings. The van der Waals surface area contributed by atoms with Gasteiger partial charge in [0.15, 0.2) is 11.8 Å². The molecule has 0 aromatic heterocycles. The molecule has 0 radical (unpaired) electrons. The zero-order valence-electron chi connectivity index (χ0n) is 29.8. The third-order valence-corrected chi connectivity index (χ3v) is 11.1. The smallest absolute Gasteiger partial charge is 0.317 e. The summed E-state index contributed by atoms with van der Waals surface area (Å²) >= 11 is 0. The molecule has 0 spiro atoms. The highest BCUT2D eigenvalue weighted by Gasteiger charge is 2.39. The van der Waals surface area contributed by atoms with E-state index < -0.39 is 35.7 Å². The van der Waals surface area contributed by atoms with E-state index in [1.807, 2.05) is 0 Å². The summed E-state index contributed by atoms with van der Waals surface area (Å²) in [6.07, 6.45) is 19.4. The van der Waals surface area contributed by atoms with Crippen molar-refractivity contribution in [2.24, 2.45) is 23.7 Å². The molecule has 0 saturated heterocycles. The molecule has 2 aromatic rings. The van der Waals surface area contributed by atoms with Crippen LogP contribution in [0, 0.1) is 23.7 Å². The van der Waals surface area contributed by atoms with Gasteiger partial charge in [-0.1, -0.05) is 151 Å². The fourth-order valence-corrected chi connectivity index (χ4v) is 8.37. The van der Waals surface area contributed by atoms with Gasteiger partial charge in [-0.15, -0.1) is 0 Å². The number of aliphatic carboxylic acids is 4. The van der Waals surface area contributed by atoms with Gasteiger partial charge >= 0.3 is 23.9 Å². The van der Waals surface area contributed by atoms with Crippen molar-refractivity contribution in [3.05, 3.63) is 71.8 Å². The molecule has 4 N–H and O–H groups in total. The summed E-state index contributed by atoms with van der Waals surface area (Å²) in [6.45, 7) is 0. The van der Waals surface area contributed by atoms with Gasteiger partial charge in [-0.25, -0.2) is 0 Å². The van der Waals surface area contributed by atoms with Crippen molar-refractivity contribution in [2.45, 2.75) is 140 Å². The van der Waals surface area contributed by atoms with E-state index in [0.29, 0.717) is 36.5 Å². The van der Waals surface area contributed by atoms with Crippen molar-refractivity contribution in [1.29, 1.82) is 0 Å². The highest BCUT2D eigenvalue weighted by atomic mass is 16.4. The van der Waals surface area contributed by atoms with Crippen molar-refractivity contribution >= 4 is 23.9 Å². The number of unbranched alkanes of at least 4 members (excludes halogenated alkanes) is 12. The lowest BCUT2D eigenvalue weighted by atomic mass is 9.60. The molecule has 2 aromatic carbocycles. The Bertz CT molecular complexity index is 1150. The first-order valence-electron chi connectivity index (χ1n) is 19.2. The largest absolute Gasteiger partial charge is 0.481 e. The molecule has 4 unspecified atom stereocenters. The molecule has 8 heteroatoms. The minimum absolute atomic E-state index is 0.195. The Morgan fingerprint density at radius 2 is 0.720 bits per heavy atom. The monoisotopic (exact) mass is 692 g/mol. The van der Waals surface area contributed by atoms with E-state index in [0.717, 1.165) is 51.4 Å². The van der Waals surface area contributed by atoms with E-state index in [4.69, 9.17) is 20.4 Å². The third kappa shape index (κ3) is 13.9. The summed E-state index contributed by atoms with van der Waals surface area (Å²) in [5.41, 5.74) is 2.92. The van der Waals surface area contributed by atoms with Crippen molar-refractivity contribution < 1.29 is 39.6 Å². The van der Waals surface area contributed by atoms with Crippen LogP contribution in [0.5, 0.6) is 0 Å². The van der Waals surface area contributed by atoms with Crippen LogP contribution in [0.4, 0.5) is 0 Å². The Kier molecular flexibility index (Phi) is 18.7. The Morgan fingerprint density at radius 3 is 1.02 bits per heavy atom. The SMILES string of the molecule is O=C(O)C(CCCCCCCCCC1C(c2ccccc2)CCC(c2ccccc2)C1CCCCCCCCCC(C(=O)O)C(=O)O)C(=O)O. The van der Waals surface area contributed by atoms with Gasteiger partial charge in [-0.05, 0) is 73.3 Å². The van der Waals surface area contributed by atoms with Crippen LogP contribution in [-0.4, -0.2) is 44.3 Å². The maximum Gasteiger partial charge on any atom is 0.317 e. The van der Waals surface area contributed by atoms with Crippen LogP contribution in [-0.2, 0) is 19.2 Å². The topological polar surface area (TPSA) is 149 Å². The lowest BCUT2D eigenvalue weighted by molar-refractivity contribution is -0.156. The maximum absolute atomic E-state index is 11.1. The molecule has 0 amide bonds. The van der Waals surface area contributed by atoms with Gasteiger partial charge in [0.25, 0.3) is 0 Å². The normalized spacial score (nSPS) is 19.1. The highest BCUT2D eigenvalue weighted by molar-refractivity contribution is 5.93. The van der Waals surface area contributed by atoms with Crippen LogP contribution >= 0.6 is 0 Å². The molecule has 276 valence electrons. The standard InChI is InChI=1S/C42H60O8/c43-39(44)37(40(45)46)27-19-9-5-1-3-7-17-25-35-33(31-21-13-11-14-22-31)29-30-34(32-23-15-12-16-24-32)36(35)26-18-8-4-2-6-10-20-28-38(41(47)48)42(49)50/h11-16,21-24,33-38H,1-10,17-20,25-30H2,(H,43,44)(H,45,46)(H,47,48)(H,49,50). The van der Waals surface area contributed by atoms with E-state index >= 15 is 0 Å². The molecule has 8 nitrogen and oxygen atoms in total. The molecule has 1 saturated carbocycles. The maximum atomic E-state index is 11.1. The zero-order chi connectivity index (χ0) is 36.1. The summed E-state index contributed by atoms with van der Waals surface area (Å²) in [5, 5.41) is 36.3. The third-order valence-electron chi connectivity index (χ3n) is 11.1. The summed E-state index contributed by atoms with van der Waals surface area (Å²) in [7, 11) is 0. The summed E-state index contributed by atoms with van der Waals surface area (Å²) in [5.74, 6) is -5.26. The fraction of sp³-hybridized carbons (Fsp3) is 0.619. The second-order valence-electron chi connectivity index (χ2n) is 14.5. The predicted molar refractivity (Wildman–Crippen MR) is 195 cm³/mol. The van der Waals surface area contributed by atoms with Gasteiger partial charge in [0, 0.05) is 0 Å². The van der Waals surface area contributed by atoms with Gasteiger partial charge in [-0.3, -0.25) is 19.2 Å². The molecule has 3 rings (SSSR count). The summed E-state index contributed by atoms with van der Waals surface area (Å²) in [4.78, 5) is 44.5. The average molecular weight is 693 g/mol. The van der Waals surface area contributed by atoms with Gasteiger partial charge in [0.05, 0.1) is 0 Å². The minimum Gasteiger partial charge on any atom is -0.481 e. The van der Waals surface area contributed by atoms with Crippen molar-refractivity contribution in [1.82, 2.24) is 0 Å². The summed E-state index contributed by atoms with van der Waals surface area (Å²) < 4.78 is 0. The fourth-order valence-electron chi connectivity index (χ4n) is 8.37. The molecule has 0 heterocycles. The number of hydrogen-bond acceptors (Lipinski definition) is 4. The van der Waals surface area contributed by atoms with Gasteiger partial charge in [0.2, 0.25) is 0 Å². The number of carboxylic acid groups (broad SMARTS) is 4. The molecular formula is C42H60O8. The number of benzene rings is 2. The van der Waals surface area contributed by atoms with Crippen LogP contribution in [0.1, 0.15) is 151 Å². The van der Waals surface area contributed by atoms with Crippen LogP contribution in [0.3, 0.4) is 0 Å². The number of carbonyl (C=O) groups is 4. The lowest BCUT2D eigenvalue weighted by Gasteiger charge is -2.44. The molecule has 1 aliphatic carbocycles. The Hall–Kier alpha value is -3.68. The molecule has 0 bridgehead atoms. The van der Waals surface area contributed by atoms with E-state index in [1.165, 1.54) is 62.5 Å². The van der Waals surface area contributed by atoms with E-state index in [9.17, 15) is 19.2 Å². The lowest BCUT2D eigenvalue weighted by Crippen LogP contribution is -2.33. The Balaban J connectivity index is 1.53.